The van der Waals surface area contributed by atoms with Crippen molar-refractivity contribution in [3.8, 4) is 11.1 Å². The number of hydrogen-bond donors (Lipinski definition) is 0. The topological polar surface area (TPSA) is 44.0 Å². The van der Waals surface area contributed by atoms with Crippen molar-refractivity contribution in [3.05, 3.63) is 117 Å². The molecule has 0 aliphatic rings. The predicted octanol–water partition coefficient (Wildman–Crippen LogP) is 7.81. The molecule has 0 unspecified atom stereocenters. The zero-order valence-electron chi connectivity index (χ0n) is 23.4. The third kappa shape index (κ3) is 3.45. The molecule has 7 rings (SSSR count). The molecule has 5 aromatic carbocycles. The number of aromatic nitrogens is 2. The largest absolute Gasteiger partial charge is 0.343 e. The van der Waals surface area contributed by atoms with Crippen LogP contribution in [0, 0.1) is 0 Å². The molecule has 0 N–H and O–H groups in total. The van der Waals surface area contributed by atoms with E-state index in [2.05, 4.69) is 63.2 Å². The molecule has 0 spiro atoms. The molecule has 0 saturated carbocycles. The van der Waals surface area contributed by atoms with Gasteiger partial charge in [-0.3, -0.25) is 9.59 Å². The van der Waals surface area contributed by atoms with E-state index < -0.39 is 0 Å². The number of pyridine rings is 2. The molecule has 4 heteroatoms. The summed E-state index contributed by atoms with van der Waals surface area (Å²) in [5.74, 6) is 0. The van der Waals surface area contributed by atoms with Crippen molar-refractivity contribution < 1.29 is 0 Å². The highest BCUT2D eigenvalue weighted by molar-refractivity contribution is 6.05. The maximum atomic E-state index is 14.0. The highest BCUT2D eigenvalue weighted by atomic mass is 16.1. The van der Waals surface area contributed by atoms with Gasteiger partial charge in [0.05, 0.1) is 22.1 Å². The molecule has 0 radical (unpaired) electrons. The third-order valence-electron chi connectivity index (χ3n) is 8.50. The summed E-state index contributed by atoms with van der Waals surface area (Å²) < 4.78 is 4.07. The van der Waals surface area contributed by atoms with Gasteiger partial charge in [-0.2, -0.15) is 0 Å². The summed E-state index contributed by atoms with van der Waals surface area (Å²) in [6.07, 6.45) is 0. The Kier molecular flexibility index (Phi) is 5.11. The van der Waals surface area contributed by atoms with Crippen LogP contribution in [-0.2, 0) is 19.5 Å². The van der Waals surface area contributed by atoms with Crippen LogP contribution in [0.5, 0.6) is 0 Å². The Bertz CT molecular complexity index is 2310. The van der Waals surface area contributed by atoms with Gasteiger partial charge in [0.2, 0.25) is 0 Å². The van der Waals surface area contributed by atoms with Crippen LogP contribution in [0.15, 0.2) is 101 Å². The molecule has 4 nitrogen and oxygen atoms in total. The van der Waals surface area contributed by atoms with Gasteiger partial charge in [0, 0.05) is 35.6 Å². The molecule has 0 fully saturated rings. The summed E-state index contributed by atoms with van der Waals surface area (Å²) in [4.78, 5) is 27.9. The number of aryl methyl sites for hydroxylation is 2. The first kappa shape index (κ1) is 24.3. The average molecular weight is 523 g/mol. The van der Waals surface area contributed by atoms with Crippen LogP contribution in [0.2, 0.25) is 0 Å². The molecule has 7 aromatic rings. The standard InChI is InChI=1S/C36H30N2O2/c1-36(2,3)23-14-16-31-27(18-23)35(40)29-20-32-28(19-33(29)38(31)5)34(39)26-17-22(13-15-30(26)37(32)4)25-12-8-10-21-9-6-7-11-24(21)25/h6-20H,1-5H3. The summed E-state index contributed by atoms with van der Waals surface area (Å²) in [5, 5.41) is 4.92. The third-order valence-corrected chi connectivity index (χ3v) is 8.50. The summed E-state index contributed by atoms with van der Waals surface area (Å²) in [6.45, 7) is 6.46. The van der Waals surface area contributed by atoms with Gasteiger partial charge in [0.15, 0.2) is 10.9 Å². The van der Waals surface area contributed by atoms with Gasteiger partial charge in [-0.15, -0.1) is 0 Å². The van der Waals surface area contributed by atoms with Gasteiger partial charge in [0.1, 0.15) is 0 Å². The van der Waals surface area contributed by atoms with E-state index in [1.165, 1.54) is 5.39 Å². The van der Waals surface area contributed by atoms with Crippen LogP contribution in [0.25, 0.3) is 65.5 Å². The minimum absolute atomic E-state index is 0.00468. The second kappa shape index (κ2) is 8.40. The average Bonchev–Trinajstić information content (AvgIpc) is 2.96. The van der Waals surface area contributed by atoms with Crippen molar-refractivity contribution in [3.63, 3.8) is 0 Å². The van der Waals surface area contributed by atoms with Gasteiger partial charge in [-0.25, -0.2) is 0 Å². The minimum atomic E-state index is -0.0642. The smallest absolute Gasteiger partial charge is 0.197 e. The van der Waals surface area contributed by atoms with Gasteiger partial charge in [-0.05, 0) is 69.3 Å². The predicted molar refractivity (Wildman–Crippen MR) is 169 cm³/mol. The lowest BCUT2D eigenvalue weighted by Crippen LogP contribution is -2.15. The Morgan fingerprint density at radius 2 is 1.07 bits per heavy atom. The van der Waals surface area contributed by atoms with Crippen molar-refractivity contribution in [2.75, 3.05) is 0 Å². The molecule has 0 saturated heterocycles. The van der Waals surface area contributed by atoms with Gasteiger partial charge >= 0.3 is 0 Å². The summed E-state index contributed by atoms with van der Waals surface area (Å²) in [6, 6.07) is 30.6. The van der Waals surface area contributed by atoms with Crippen molar-refractivity contribution >= 4 is 54.4 Å². The first-order valence-corrected chi connectivity index (χ1v) is 13.6. The molecular formula is C36H30N2O2. The number of rotatable bonds is 1. The zero-order valence-corrected chi connectivity index (χ0v) is 23.4. The molecule has 0 aliphatic carbocycles. The second-order valence-corrected chi connectivity index (χ2v) is 11.9. The monoisotopic (exact) mass is 522 g/mol. The fourth-order valence-corrected chi connectivity index (χ4v) is 6.18. The van der Waals surface area contributed by atoms with Crippen LogP contribution in [0.3, 0.4) is 0 Å². The molecule has 2 aromatic heterocycles. The lowest BCUT2D eigenvalue weighted by molar-refractivity contribution is 0.591. The fourth-order valence-electron chi connectivity index (χ4n) is 6.18. The SMILES string of the molecule is Cn1c2ccc(-c3cccc4ccccc34)cc2c(=O)c2cc3c(cc21)c(=O)c1cc(C(C)(C)C)ccc1n3C. The van der Waals surface area contributed by atoms with Crippen molar-refractivity contribution in [1.29, 1.82) is 0 Å². The molecule has 0 bridgehead atoms. The van der Waals surface area contributed by atoms with Crippen LogP contribution in [0.1, 0.15) is 26.3 Å². The Morgan fingerprint density at radius 3 is 1.73 bits per heavy atom. The van der Waals surface area contributed by atoms with E-state index in [1.807, 2.05) is 71.8 Å². The summed E-state index contributed by atoms with van der Waals surface area (Å²) in [5.41, 5.74) is 6.36. The molecule has 0 atom stereocenters. The number of nitrogens with zero attached hydrogens (tertiary/aromatic N) is 2. The maximum absolute atomic E-state index is 14.0. The number of fused-ring (bicyclic) bond motifs is 5. The first-order chi connectivity index (χ1) is 19.1. The zero-order chi connectivity index (χ0) is 27.9. The van der Waals surface area contributed by atoms with E-state index in [1.54, 1.807) is 0 Å². The number of hydrogen-bond acceptors (Lipinski definition) is 2. The van der Waals surface area contributed by atoms with Gasteiger partial charge in [-0.1, -0.05) is 75.4 Å². The fraction of sp³-hybridized carbons (Fsp3) is 0.167. The van der Waals surface area contributed by atoms with Gasteiger partial charge < -0.3 is 9.13 Å². The molecule has 40 heavy (non-hydrogen) atoms. The summed E-state index contributed by atoms with van der Waals surface area (Å²) in [7, 11) is 3.94. The maximum Gasteiger partial charge on any atom is 0.197 e. The minimum Gasteiger partial charge on any atom is -0.343 e. The normalized spacial score (nSPS) is 12.3. The van der Waals surface area contributed by atoms with Crippen LogP contribution in [-0.4, -0.2) is 9.13 Å². The lowest BCUT2D eigenvalue weighted by Gasteiger charge is -2.20. The molecule has 2 heterocycles. The molecule has 0 amide bonds. The van der Waals surface area contributed by atoms with Crippen LogP contribution in [0.4, 0.5) is 0 Å². The van der Waals surface area contributed by atoms with E-state index >= 15 is 0 Å². The van der Waals surface area contributed by atoms with Crippen molar-refractivity contribution in [2.45, 2.75) is 26.2 Å². The van der Waals surface area contributed by atoms with Crippen LogP contribution < -0.4 is 10.9 Å². The Hall–Kier alpha value is -4.70. The van der Waals surface area contributed by atoms with E-state index in [4.69, 9.17) is 0 Å². The van der Waals surface area contributed by atoms with Gasteiger partial charge in [0.25, 0.3) is 0 Å². The first-order valence-electron chi connectivity index (χ1n) is 13.6. The quantitative estimate of drug-likeness (QED) is 0.206. The second-order valence-electron chi connectivity index (χ2n) is 11.9. The Balaban J connectivity index is 1.54. The van der Waals surface area contributed by atoms with E-state index in [9.17, 15) is 9.59 Å². The Morgan fingerprint density at radius 1 is 0.525 bits per heavy atom. The molecule has 0 aliphatic heterocycles. The summed E-state index contributed by atoms with van der Waals surface area (Å²) >= 11 is 0. The molecule has 196 valence electrons. The van der Waals surface area contributed by atoms with E-state index in [0.717, 1.165) is 44.1 Å². The number of benzene rings is 5. The van der Waals surface area contributed by atoms with E-state index in [-0.39, 0.29) is 16.3 Å². The highest BCUT2D eigenvalue weighted by Gasteiger charge is 2.18. The lowest BCUT2D eigenvalue weighted by atomic mass is 9.86. The van der Waals surface area contributed by atoms with E-state index in [0.29, 0.717) is 21.5 Å². The van der Waals surface area contributed by atoms with Crippen LogP contribution >= 0.6 is 0 Å². The van der Waals surface area contributed by atoms with Crippen molar-refractivity contribution in [2.24, 2.45) is 14.1 Å². The highest BCUT2D eigenvalue weighted by Crippen LogP contribution is 2.32. The molecular weight excluding hydrogens is 492 g/mol. The van der Waals surface area contributed by atoms with Crippen molar-refractivity contribution in [1.82, 2.24) is 9.13 Å². The Labute approximate surface area is 231 Å².